The van der Waals surface area contributed by atoms with E-state index in [1.165, 1.54) is 45.2 Å². The van der Waals surface area contributed by atoms with Gasteiger partial charge in [-0.3, -0.25) is 4.90 Å². The van der Waals surface area contributed by atoms with Crippen LogP contribution in [0, 0.1) is 0 Å². The molecule has 0 radical (unpaired) electrons. The Hall–Kier alpha value is -0.770. The molecular formula is C17H25ClN2O. The molecule has 2 heterocycles. The van der Waals surface area contributed by atoms with Crippen molar-refractivity contribution < 1.29 is 5.11 Å². The summed E-state index contributed by atoms with van der Waals surface area (Å²) < 4.78 is 0. The van der Waals surface area contributed by atoms with Crippen LogP contribution in [0.25, 0.3) is 0 Å². The van der Waals surface area contributed by atoms with Crippen LogP contribution < -0.4 is 0 Å². The normalized spacial score (nSPS) is 22.5. The first-order valence-electron chi connectivity index (χ1n) is 8.16. The highest BCUT2D eigenvalue weighted by atomic mass is 35.5. The number of phenolic OH excluding ortho intramolecular Hbond substituents is 1. The van der Waals surface area contributed by atoms with Gasteiger partial charge in [0.15, 0.2) is 0 Å². The molecule has 0 aromatic heterocycles. The molecule has 0 aliphatic carbocycles. The first-order valence-corrected chi connectivity index (χ1v) is 8.54. The van der Waals surface area contributed by atoms with Crippen molar-refractivity contribution in [1.82, 2.24) is 9.80 Å². The summed E-state index contributed by atoms with van der Waals surface area (Å²) in [5.41, 5.74) is 0.943. The van der Waals surface area contributed by atoms with E-state index in [4.69, 9.17) is 11.6 Å². The van der Waals surface area contributed by atoms with Gasteiger partial charge in [-0.2, -0.15) is 0 Å². The van der Waals surface area contributed by atoms with Crippen molar-refractivity contribution in [3.8, 4) is 5.75 Å². The molecule has 0 bridgehead atoms. The van der Waals surface area contributed by atoms with E-state index in [0.29, 0.717) is 10.8 Å². The molecular weight excluding hydrogens is 284 g/mol. The van der Waals surface area contributed by atoms with Crippen LogP contribution in [-0.2, 0) is 6.54 Å². The SMILES string of the molecule is Oc1ccc(Cl)cc1CN1CCC(N2CCCCC2)CC1. The number of benzene rings is 1. The van der Waals surface area contributed by atoms with Gasteiger partial charge in [0.25, 0.3) is 0 Å². The molecule has 0 spiro atoms. The van der Waals surface area contributed by atoms with Crippen LogP contribution in [0.1, 0.15) is 37.7 Å². The second kappa shape index (κ2) is 6.99. The van der Waals surface area contributed by atoms with Gasteiger partial charge in [-0.1, -0.05) is 18.0 Å². The molecule has 1 aromatic carbocycles. The molecule has 3 nitrogen and oxygen atoms in total. The number of hydrogen-bond donors (Lipinski definition) is 1. The average Bonchev–Trinajstić information content (AvgIpc) is 2.53. The molecule has 2 aliphatic rings. The predicted octanol–water partition coefficient (Wildman–Crippen LogP) is 3.50. The lowest BCUT2D eigenvalue weighted by Gasteiger charge is -2.40. The van der Waals surface area contributed by atoms with E-state index < -0.39 is 0 Å². The van der Waals surface area contributed by atoms with E-state index in [1.807, 2.05) is 6.07 Å². The fraction of sp³-hybridized carbons (Fsp3) is 0.647. The molecule has 2 saturated heterocycles. The standard InChI is InChI=1S/C17H25ClN2O/c18-15-4-5-17(21)14(12-15)13-19-10-6-16(7-11-19)20-8-2-1-3-9-20/h4-5,12,16,21H,1-3,6-11,13H2. The first kappa shape index (κ1) is 15.1. The summed E-state index contributed by atoms with van der Waals surface area (Å²) in [4.78, 5) is 5.13. The molecule has 116 valence electrons. The van der Waals surface area contributed by atoms with E-state index in [-0.39, 0.29) is 0 Å². The zero-order valence-electron chi connectivity index (χ0n) is 12.6. The maximum atomic E-state index is 9.93. The summed E-state index contributed by atoms with van der Waals surface area (Å²) in [5, 5.41) is 10.6. The van der Waals surface area contributed by atoms with E-state index in [2.05, 4.69) is 9.80 Å². The first-order chi connectivity index (χ1) is 10.2. The number of rotatable bonds is 3. The van der Waals surface area contributed by atoms with Crippen LogP contribution >= 0.6 is 11.6 Å². The summed E-state index contributed by atoms with van der Waals surface area (Å²) in [5.74, 6) is 0.359. The summed E-state index contributed by atoms with van der Waals surface area (Å²) in [7, 11) is 0. The molecule has 0 amide bonds. The van der Waals surface area contributed by atoms with Crippen molar-refractivity contribution in [3.05, 3.63) is 28.8 Å². The molecule has 0 unspecified atom stereocenters. The lowest BCUT2D eigenvalue weighted by molar-refractivity contribution is 0.0893. The Balaban J connectivity index is 1.52. The molecule has 0 atom stereocenters. The quantitative estimate of drug-likeness (QED) is 0.926. The van der Waals surface area contributed by atoms with Crippen molar-refractivity contribution in [3.63, 3.8) is 0 Å². The topological polar surface area (TPSA) is 26.7 Å². The van der Waals surface area contributed by atoms with E-state index in [9.17, 15) is 5.11 Å². The third kappa shape index (κ3) is 3.91. The number of piperidine rings is 2. The molecule has 1 N–H and O–H groups in total. The Morgan fingerprint density at radius 2 is 1.76 bits per heavy atom. The van der Waals surface area contributed by atoms with Gasteiger partial charge in [-0.15, -0.1) is 0 Å². The highest BCUT2D eigenvalue weighted by Gasteiger charge is 2.25. The number of halogens is 1. The number of aromatic hydroxyl groups is 1. The molecule has 2 aliphatic heterocycles. The molecule has 0 saturated carbocycles. The summed E-state index contributed by atoms with van der Waals surface area (Å²) in [6.45, 7) is 5.62. The molecule has 2 fully saturated rings. The minimum atomic E-state index is 0.359. The molecule has 4 heteroatoms. The van der Waals surface area contributed by atoms with Gasteiger partial charge in [0.05, 0.1) is 0 Å². The summed E-state index contributed by atoms with van der Waals surface area (Å²) in [6.07, 6.45) is 6.65. The smallest absolute Gasteiger partial charge is 0.120 e. The monoisotopic (exact) mass is 308 g/mol. The largest absolute Gasteiger partial charge is 0.508 e. The maximum Gasteiger partial charge on any atom is 0.120 e. The lowest BCUT2D eigenvalue weighted by Crippen LogP contribution is -2.46. The fourth-order valence-corrected chi connectivity index (χ4v) is 3.84. The van der Waals surface area contributed by atoms with Gasteiger partial charge in [0, 0.05) is 23.2 Å². The Labute approximate surface area is 132 Å². The van der Waals surface area contributed by atoms with Gasteiger partial charge in [0.1, 0.15) is 5.75 Å². The van der Waals surface area contributed by atoms with Crippen molar-refractivity contribution in [2.75, 3.05) is 26.2 Å². The highest BCUT2D eigenvalue weighted by molar-refractivity contribution is 6.30. The van der Waals surface area contributed by atoms with Crippen LogP contribution in [-0.4, -0.2) is 47.1 Å². The van der Waals surface area contributed by atoms with Crippen molar-refractivity contribution >= 4 is 11.6 Å². The van der Waals surface area contributed by atoms with Gasteiger partial charge >= 0.3 is 0 Å². The molecule has 3 rings (SSSR count). The minimum Gasteiger partial charge on any atom is -0.508 e. The zero-order chi connectivity index (χ0) is 14.7. The number of phenols is 1. The van der Waals surface area contributed by atoms with Crippen LogP contribution in [0.5, 0.6) is 5.75 Å². The summed E-state index contributed by atoms with van der Waals surface area (Å²) >= 11 is 6.02. The molecule has 21 heavy (non-hydrogen) atoms. The maximum absolute atomic E-state index is 9.93. The average molecular weight is 309 g/mol. The number of nitrogens with zero attached hydrogens (tertiary/aromatic N) is 2. The Bertz CT molecular complexity index is 466. The Kier molecular flexibility index (Phi) is 5.04. The fourth-order valence-electron chi connectivity index (χ4n) is 3.65. The Morgan fingerprint density at radius 3 is 2.48 bits per heavy atom. The molecule has 1 aromatic rings. The zero-order valence-corrected chi connectivity index (χ0v) is 13.4. The van der Waals surface area contributed by atoms with Crippen molar-refractivity contribution in [2.24, 2.45) is 0 Å². The van der Waals surface area contributed by atoms with Crippen LogP contribution in [0.2, 0.25) is 5.02 Å². The number of likely N-dealkylation sites (tertiary alicyclic amines) is 2. The predicted molar refractivity (Wildman–Crippen MR) is 86.8 cm³/mol. The second-order valence-electron chi connectivity index (χ2n) is 6.38. The minimum absolute atomic E-state index is 0.359. The van der Waals surface area contributed by atoms with E-state index in [1.54, 1.807) is 12.1 Å². The lowest BCUT2D eigenvalue weighted by atomic mass is 9.99. The Morgan fingerprint density at radius 1 is 1.05 bits per heavy atom. The van der Waals surface area contributed by atoms with E-state index >= 15 is 0 Å². The second-order valence-corrected chi connectivity index (χ2v) is 6.81. The van der Waals surface area contributed by atoms with Gasteiger partial charge in [-0.25, -0.2) is 0 Å². The van der Waals surface area contributed by atoms with Crippen LogP contribution in [0.4, 0.5) is 0 Å². The summed E-state index contributed by atoms with van der Waals surface area (Å²) in [6, 6.07) is 6.09. The van der Waals surface area contributed by atoms with Crippen molar-refractivity contribution in [2.45, 2.75) is 44.7 Å². The van der Waals surface area contributed by atoms with Gasteiger partial charge in [-0.05, 0) is 70.1 Å². The van der Waals surface area contributed by atoms with E-state index in [0.717, 1.165) is 31.2 Å². The highest BCUT2D eigenvalue weighted by Crippen LogP contribution is 2.26. The van der Waals surface area contributed by atoms with Gasteiger partial charge in [0.2, 0.25) is 0 Å². The van der Waals surface area contributed by atoms with Gasteiger partial charge < -0.3 is 10.0 Å². The van der Waals surface area contributed by atoms with Crippen LogP contribution in [0.3, 0.4) is 0 Å². The van der Waals surface area contributed by atoms with Crippen molar-refractivity contribution in [1.29, 1.82) is 0 Å². The number of hydrogen-bond acceptors (Lipinski definition) is 3. The van der Waals surface area contributed by atoms with Crippen LogP contribution in [0.15, 0.2) is 18.2 Å². The third-order valence-corrected chi connectivity index (χ3v) is 5.13. The third-order valence-electron chi connectivity index (χ3n) is 4.90.